The predicted molar refractivity (Wildman–Crippen MR) is 73.6 cm³/mol. The van der Waals surface area contributed by atoms with E-state index in [0.717, 1.165) is 16.6 Å². The smallest absolute Gasteiger partial charge is 0.187 e. The number of amidine groups is 1. The summed E-state index contributed by atoms with van der Waals surface area (Å²) >= 11 is 0. The van der Waals surface area contributed by atoms with Crippen molar-refractivity contribution in [3.63, 3.8) is 0 Å². The Morgan fingerprint density at radius 3 is 2.84 bits per heavy atom. The largest absolute Gasteiger partial charge is 0.409 e. The van der Waals surface area contributed by atoms with E-state index >= 15 is 0 Å². The quantitative estimate of drug-likeness (QED) is 0.317. The van der Waals surface area contributed by atoms with Gasteiger partial charge >= 0.3 is 0 Å². The number of fused-ring (bicyclic) bond motifs is 1. The molecule has 0 radical (unpaired) electrons. The lowest BCUT2D eigenvalue weighted by Gasteiger charge is -2.10. The zero-order valence-corrected chi connectivity index (χ0v) is 10.1. The van der Waals surface area contributed by atoms with Gasteiger partial charge in [-0.1, -0.05) is 29.4 Å². The number of benzene rings is 1. The standard InChI is InChI=1S/C14H12N4O/c15-13(17-19)12-6-3-9-18(12)14-11-5-2-1-4-10(11)7-8-16-14/h1-9,19H,(H2,15,17). The molecule has 0 aliphatic carbocycles. The Kier molecular flexibility index (Phi) is 2.64. The second kappa shape index (κ2) is 4.45. The number of nitrogens with two attached hydrogens (primary N) is 1. The van der Waals surface area contributed by atoms with Gasteiger partial charge in [0.15, 0.2) is 5.84 Å². The van der Waals surface area contributed by atoms with Crippen molar-refractivity contribution in [3.05, 3.63) is 60.6 Å². The first kappa shape index (κ1) is 11.3. The first-order chi connectivity index (χ1) is 9.31. The van der Waals surface area contributed by atoms with Crippen LogP contribution >= 0.6 is 0 Å². The molecule has 0 fully saturated rings. The van der Waals surface area contributed by atoms with Gasteiger partial charge in [-0.05, 0) is 23.6 Å². The van der Waals surface area contributed by atoms with Gasteiger partial charge in [-0.15, -0.1) is 0 Å². The van der Waals surface area contributed by atoms with Crippen molar-refractivity contribution in [3.8, 4) is 5.82 Å². The van der Waals surface area contributed by atoms with Gasteiger partial charge in [-0.25, -0.2) is 4.98 Å². The Balaban J connectivity index is 2.29. The zero-order chi connectivity index (χ0) is 13.2. The molecule has 0 saturated heterocycles. The van der Waals surface area contributed by atoms with Crippen molar-refractivity contribution in [2.24, 2.45) is 10.9 Å². The molecule has 0 unspecified atom stereocenters. The normalized spacial score (nSPS) is 11.9. The summed E-state index contributed by atoms with van der Waals surface area (Å²) in [5.41, 5.74) is 6.28. The van der Waals surface area contributed by atoms with Crippen LogP contribution in [0.4, 0.5) is 0 Å². The van der Waals surface area contributed by atoms with Crippen molar-refractivity contribution < 1.29 is 5.21 Å². The van der Waals surface area contributed by atoms with Crippen LogP contribution in [0.15, 0.2) is 60.0 Å². The molecule has 94 valence electrons. The van der Waals surface area contributed by atoms with E-state index in [2.05, 4.69) is 10.1 Å². The molecule has 0 amide bonds. The lowest BCUT2D eigenvalue weighted by atomic mass is 10.1. The van der Waals surface area contributed by atoms with Crippen LogP contribution in [0.25, 0.3) is 16.6 Å². The summed E-state index contributed by atoms with van der Waals surface area (Å²) in [7, 11) is 0. The maximum absolute atomic E-state index is 8.82. The SMILES string of the molecule is N/C(=N/O)c1cccn1-c1nccc2ccccc12. The van der Waals surface area contributed by atoms with Crippen LogP contribution in [0.2, 0.25) is 0 Å². The molecular weight excluding hydrogens is 240 g/mol. The molecule has 0 spiro atoms. The molecule has 2 heterocycles. The minimum Gasteiger partial charge on any atom is -0.409 e. The minimum atomic E-state index is 0.0553. The molecule has 2 aromatic heterocycles. The van der Waals surface area contributed by atoms with E-state index < -0.39 is 0 Å². The third-order valence-electron chi connectivity index (χ3n) is 3.00. The molecule has 0 saturated carbocycles. The van der Waals surface area contributed by atoms with Gasteiger partial charge in [-0.3, -0.25) is 4.57 Å². The van der Waals surface area contributed by atoms with Crippen molar-refractivity contribution in [2.75, 3.05) is 0 Å². The number of oxime groups is 1. The average Bonchev–Trinajstić information content (AvgIpc) is 2.95. The topological polar surface area (TPSA) is 76.4 Å². The minimum absolute atomic E-state index is 0.0553. The van der Waals surface area contributed by atoms with E-state index in [4.69, 9.17) is 10.9 Å². The summed E-state index contributed by atoms with van der Waals surface area (Å²) < 4.78 is 1.80. The van der Waals surface area contributed by atoms with E-state index in [1.54, 1.807) is 16.8 Å². The Morgan fingerprint density at radius 2 is 2.00 bits per heavy atom. The zero-order valence-electron chi connectivity index (χ0n) is 10.1. The lowest BCUT2D eigenvalue weighted by molar-refractivity contribution is 0.318. The van der Waals surface area contributed by atoms with Crippen LogP contribution in [-0.4, -0.2) is 20.6 Å². The van der Waals surface area contributed by atoms with Crippen LogP contribution in [0, 0.1) is 0 Å². The number of rotatable bonds is 2. The maximum Gasteiger partial charge on any atom is 0.187 e. The summed E-state index contributed by atoms with van der Waals surface area (Å²) in [6.07, 6.45) is 3.58. The van der Waals surface area contributed by atoms with Crippen LogP contribution < -0.4 is 5.73 Å². The Bertz CT molecular complexity index is 755. The van der Waals surface area contributed by atoms with Gasteiger partial charge in [0, 0.05) is 17.8 Å². The number of aromatic nitrogens is 2. The summed E-state index contributed by atoms with van der Waals surface area (Å²) in [5, 5.41) is 14.0. The van der Waals surface area contributed by atoms with E-state index in [9.17, 15) is 0 Å². The van der Waals surface area contributed by atoms with E-state index in [1.807, 2.05) is 42.6 Å². The van der Waals surface area contributed by atoms with Crippen LogP contribution in [0.3, 0.4) is 0 Å². The maximum atomic E-state index is 8.82. The fraction of sp³-hybridized carbons (Fsp3) is 0. The molecule has 3 aromatic rings. The van der Waals surface area contributed by atoms with Gasteiger partial charge in [0.1, 0.15) is 5.82 Å². The lowest BCUT2D eigenvalue weighted by Crippen LogP contribution is -2.17. The summed E-state index contributed by atoms with van der Waals surface area (Å²) in [6, 6.07) is 13.5. The highest BCUT2D eigenvalue weighted by Crippen LogP contribution is 2.21. The van der Waals surface area contributed by atoms with E-state index in [-0.39, 0.29) is 5.84 Å². The van der Waals surface area contributed by atoms with Gasteiger partial charge < -0.3 is 10.9 Å². The molecule has 5 nitrogen and oxygen atoms in total. The monoisotopic (exact) mass is 252 g/mol. The fourth-order valence-electron chi connectivity index (χ4n) is 2.12. The molecule has 3 rings (SSSR count). The summed E-state index contributed by atoms with van der Waals surface area (Å²) in [5.74, 6) is 0.810. The molecule has 1 aromatic carbocycles. The molecule has 0 aliphatic rings. The van der Waals surface area contributed by atoms with Crippen LogP contribution in [0.5, 0.6) is 0 Å². The number of pyridine rings is 1. The van der Waals surface area contributed by atoms with Crippen molar-refractivity contribution in [1.29, 1.82) is 0 Å². The van der Waals surface area contributed by atoms with Crippen molar-refractivity contribution in [2.45, 2.75) is 0 Å². The van der Waals surface area contributed by atoms with Crippen molar-refractivity contribution in [1.82, 2.24) is 9.55 Å². The van der Waals surface area contributed by atoms with E-state index in [1.165, 1.54) is 0 Å². The highest BCUT2D eigenvalue weighted by atomic mass is 16.4. The summed E-state index contributed by atoms with van der Waals surface area (Å²) in [6.45, 7) is 0. The second-order valence-electron chi connectivity index (χ2n) is 4.10. The second-order valence-corrected chi connectivity index (χ2v) is 4.10. The van der Waals surface area contributed by atoms with Crippen LogP contribution in [0.1, 0.15) is 5.69 Å². The van der Waals surface area contributed by atoms with Gasteiger partial charge in [0.05, 0.1) is 5.69 Å². The highest BCUT2D eigenvalue weighted by molar-refractivity contribution is 5.97. The molecule has 0 bridgehead atoms. The Morgan fingerprint density at radius 1 is 1.16 bits per heavy atom. The van der Waals surface area contributed by atoms with Crippen LogP contribution in [-0.2, 0) is 0 Å². The van der Waals surface area contributed by atoms with Gasteiger partial charge in [0.25, 0.3) is 0 Å². The Labute approximate surface area is 109 Å². The third kappa shape index (κ3) is 1.81. The van der Waals surface area contributed by atoms with Gasteiger partial charge in [0.2, 0.25) is 0 Å². The molecule has 3 N–H and O–H groups in total. The molecule has 5 heteroatoms. The fourth-order valence-corrected chi connectivity index (χ4v) is 2.12. The highest BCUT2D eigenvalue weighted by Gasteiger charge is 2.10. The summed E-state index contributed by atoms with van der Waals surface area (Å²) in [4.78, 5) is 4.40. The number of nitrogens with zero attached hydrogens (tertiary/aromatic N) is 3. The third-order valence-corrected chi connectivity index (χ3v) is 3.00. The Hall–Kier alpha value is -2.82. The number of hydrogen-bond donors (Lipinski definition) is 2. The average molecular weight is 252 g/mol. The predicted octanol–water partition coefficient (Wildman–Crippen LogP) is 2.12. The van der Waals surface area contributed by atoms with E-state index in [0.29, 0.717) is 5.69 Å². The number of hydrogen-bond acceptors (Lipinski definition) is 3. The molecule has 19 heavy (non-hydrogen) atoms. The first-order valence-corrected chi connectivity index (χ1v) is 5.80. The molecular formula is C14H12N4O. The first-order valence-electron chi connectivity index (χ1n) is 5.80. The van der Waals surface area contributed by atoms with Crippen molar-refractivity contribution >= 4 is 16.6 Å². The molecule has 0 aliphatic heterocycles. The molecule has 0 atom stereocenters. The van der Waals surface area contributed by atoms with Gasteiger partial charge in [-0.2, -0.15) is 0 Å².